The monoisotopic (exact) mass is 411 g/mol. The normalized spacial score (nSPS) is 14.5. The largest absolute Gasteiger partial charge is 0.496 e. The van der Waals surface area contributed by atoms with Gasteiger partial charge in [0.25, 0.3) is 0 Å². The van der Waals surface area contributed by atoms with Crippen molar-refractivity contribution in [2.75, 3.05) is 25.1 Å². The van der Waals surface area contributed by atoms with Crippen LogP contribution in [0.4, 0.5) is 5.69 Å². The Bertz CT molecular complexity index is 1050. The lowest BCUT2D eigenvalue weighted by Gasteiger charge is -2.29. The molecule has 0 radical (unpaired) electrons. The lowest BCUT2D eigenvalue weighted by molar-refractivity contribution is 0.0929. The highest BCUT2D eigenvalue weighted by molar-refractivity contribution is 6.31. The number of fused-ring (bicyclic) bond motifs is 1. The molecule has 1 fully saturated rings. The van der Waals surface area contributed by atoms with Crippen LogP contribution in [0.2, 0.25) is 5.02 Å². The van der Waals surface area contributed by atoms with Gasteiger partial charge in [0, 0.05) is 40.8 Å². The van der Waals surface area contributed by atoms with Crippen molar-refractivity contribution in [1.82, 2.24) is 5.43 Å². The van der Waals surface area contributed by atoms with Crippen LogP contribution in [-0.2, 0) is 0 Å². The summed E-state index contributed by atoms with van der Waals surface area (Å²) in [6.07, 6.45) is 5.28. The van der Waals surface area contributed by atoms with Gasteiger partial charge in [0.15, 0.2) is 5.76 Å². The van der Waals surface area contributed by atoms with Crippen LogP contribution in [0, 0.1) is 0 Å². The second kappa shape index (κ2) is 8.57. The SMILES string of the molecule is COc1cc(N2CCCCC2)ccc1/C=N\NC(=O)c1cc2cc(Cl)ccc2o1. The number of hydrazone groups is 1. The van der Waals surface area contributed by atoms with Gasteiger partial charge in [0.05, 0.1) is 13.3 Å². The van der Waals surface area contributed by atoms with Gasteiger partial charge < -0.3 is 14.1 Å². The van der Waals surface area contributed by atoms with E-state index in [1.54, 1.807) is 37.6 Å². The van der Waals surface area contributed by atoms with Crippen molar-refractivity contribution in [2.45, 2.75) is 19.3 Å². The zero-order chi connectivity index (χ0) is 20.2. The van der Waals surface area contributed by atoms with Gasteiger partial charge in [-0.3, -0.25) is 4.79 Å². The minimum Gasteiger partial charge on any atom is -0.496 e. The number of halogens is 1. The van der Waals surface area contributed by atoms with Crippen LogP contribution in [0.1, 0.15) is 35.4 Å². The van der Waals surface area contributed by atoms with Gasteiger partial charge in [-0.2, -0.15) is 5.10 Å². The Morgan fingerprint density at radius 1 is 1.17 bits per heavy atom. The first-order chi connectivity index (χ1) is 14.1. The van der Waals surface area contributed by atoms with E-state index in [1.165, 1.54) is 19.3 Å². The Hall–Kier alpha value is -2.99. The molecule has 1 amide bonds. The van der Waals surface area contributed by atoms with Crippen LogP contribution in [0.15, 0.2) is 52.0 Å². The third-order valence-corrected chi connectivity index (χ3v) is 5.25. The summed E-state index contributed by atoms with van der Waals surface area (Å²) in [6.45, 7) is 2.13. The fourth-order valence-corrected chi connectivity index (χ4v) is 3.68. The molecule has 0 saturated carbocycles. The van der Waals surface area contributed by atoms with Crippen molar-refractivity contribution >= 4 is 40.4 Å². The van der Waals surface area contributed by atoms with Crippen molar-refractivity contribution in [3.63, 3.8) is 0 Å². The second-order valence-electron chi connectivity index (χ2n) is 6.97. The zero-order valence-corrected chi connectivity index (χ0v) is 16.9. The number of hydrogen-bond donors (Lipinski definition) is 1. The number of furan rings is 1. The van der Waals surface area contributed by atoms with Gasteiger partial charge in [-0.15, -0.1) is 0 Å². The molecular formula is C22H22ClN3O3. The molecule has 1 aromatic heterocycles. The Morgan fingerprint density at radius 2 is 2.00 bits per heavy atom. The molecule has 150 valence electrons. The summed E-state index contributed by atoms with van der Waals surface area (Å²) in [5, 5.41) is 5.40. The number of carbonyl (C=O) groups excluding carboxylic acids is 1. The van der Waals surface area contributed by atoms with E-state index in [1.807, 2.05) is 12.1 Å². The summed E-state index contributed by atoms with van der Waals surface area (Å²) in [6, 6.07) is 12.8. The van der Waals surface area contributed by atoms with Crippen LogP contribution < -0.4 is 15.1 Å². The number of hydrogen-bond acceptors (Lipinski definition) is 5. The number of anilines is 1. The molecule has 2 aromatic carbocycles. The van der Waals surface area contributed by atoms with E-state index >= 15 is 0 Å². The van der Waals surface area contributed by atoms with E-state index in [9.17, 15) is 4.79 Å². The summed E-state index contributed by atoms with van der Waals surface area (Å²) in [5.41, 5.74) is 5.01. The van der Waals surface area contributed by atoms with Gasteiger partial charge in [0.1, 0.15) is 11.3 Å². The number of amides is 1. The summed E-state index contributed by atoms with van der Waals surface area (Å²) < 4.78 is 11.0. The van der Waals surface area contributed by atoms with Gasteiger partial charge >= 0.3 is 5.91 Å². The summed E-state index contributed by atoms with van der Waals surface area (Å²) >= 11 is 5.97. The number of rotatable bonds is 5. The third kappa shape index (κ3) is 4.38. The lowest BCUT2D eigenvalue weighted by atomic mass is 10.1. The first-order valence-electron chi connectivity index (χ1n) is 9.59. The topological polar surface area (TPSA) is 67.1 Å². The number of nitrogens with zero attached hydrogens (tertiary/aromatic N) is 2. The standard InChI is InChI=1S/C22H22ClN3O3/c1-28-20-13-18(26-9-3-2-4-10-26)7-5-15(20)14-24-25-22(27)21-12-16-11-17(23)6-8-19(16)29-21/h5-8,11-14H,2-4,9-10H2,1H3,(H,25,27)/b24-14-. The quantitative estimate of drug-likeness (QED) is 0.481. The van der Waals surface area contributed by atoms with Crippen molar-refractivity contribution in [3.05, 3.63) is 58.8 Å². The first-order valence-corrected chi connectivity index (χ1v) is 9.97. The van der Waals surface area contributed by atoms with Crippen LogP contribution in [0.25, 0.3) is 11.0 Å². The average Bonchev–Trinajstić information content (AvgIpc) is 3.18. The zero-order valence-electron chi connectivity index (χ0n) is 16.2. The van der Waals surface area contributed by atoms with E-state index in [4.69, 9.17) is 20.8 Å². The highest BCUT2D eigenvalue weighted by atomic mass is 35.5. The number of piperidine rings is 1. The maximum Gasteiger partial charge on any atom is 0.307 e. The lowest BCUT2D eigenvalue weighted by Crippen LogP contribution is -2.29. The average molecular weight is 412 g/mol. The van der Waals surface area contributed by atoms with E-state index in [0.717, 1.165) is 29.7 Å². The number of ether oxygens (including phenoxy) is 1. The van der Waals surface area contributed by atoms with Gasteiger partial charge in [-0.1, -0.05) is 11.6 Å². The molecule has 7 heteroatoms. The van der Waals surface area contributed by atoms with Gasteiger partial charge in [-0.05, 0) is 55.7 Å². The van der Waals surface area contributed by atoms with Crippen molar-refractivity contribution in [1.29, 1.82) is 0 Å². The molecule has 0 aliphatic carbocycles. The molecule has 1 aliphatic rings. The molecule has 1 saturated heterocycles. The molecule has 1 N–H and O–H groups in total. The van der Waals surface area contributed by atoms with E-state index < -0.39 is 5.91 Å². The Labute approximate surface area is 174 Å². The molecule has 3 aromatic rings. The van der Waals surface area contributed by atoms with Crippen LogP contribution in [-0.4, -0.2) is 32.3 Å². The molecule has 1 aliphatic heterocycles. The highest BCUT2D eigenvalue weighted by Gasteiger charge is 2.14. The molecule has 6 nitrogen and oxygen atoms in total. The molecule has 0 spiro atoms. The fourth-order valence-electron chi connectivity index (χ4n) is 3.50. The minimum atomic E-state index is -0.433. The Morgan fingerprint density at radius 3 is 2.79 bits per heavy atom. The number of carbonyl (C=O) groups is 1. The summed E-state index contributed by atoms with van der Waals surface area (Å²) in [4.78, 5) is 14.7. The summed E-state index contributed by atoms with van der Waals surface area (Å²) in [5.74, 6) is 0.453. The smallest absolute Gasteiger partial charge is 0.307 e. The number of benzene rings is 2. The maximum atomic E-state index is 12.3. The summed E-state index contributed by atoms with van der Waals surface area (Å²) in [7, 11) is 1.63. The van der Waals surface area contributed by atoms with Crippen molar-refractivity contribution in [2.24, 2.45) is 5.10 Å². The van der Waals surface area contributed by atoms with Crippen molar-refractivity contribution < 1.29 is 13.9 Å². The number of methoxy groups -OCH3 is 1. The Kier molecular flexibility index (Phi) is 5.71. The van der Waals surface area contributed by atoms with E-state index in [-0.39, 0.29) is 5.76 Å². The predicted molar refractivity (Wildman–Crippen MR) is 115 cm³/mol. The Balaban J connectivity index is 1.45. The van der Waals surface area contributed by atoms with Crippen LogP contribution in [0.3, 0.4) is 0 Å². The van der Waals surface area contributed by atoms with E-state index in [2.05, 4.69) is 21.5 Å². The molecule has 0 atom stereocenters. The molecule has 2 heterocycles. The minimum absolute atomic E-state index is 0.173. The second-order valence-corrected chi connectivity index (χ2v) is 7.40. The van der Waals surface area contributed by atoms with Gasteiger partial charge in [0.2, 0.25) is 0 Å². The van der Waals surface area contributed by atoms with E-state index in [0.29, 0.717) is 16.4 Å². The van der Waals surface area contributed by atoms with Crippen LogP contribution in [0.5, 0.6) is 5.75 Å². The van der Waals surface area contributed by atoms with Crippen LogP contribution >= 0.6 is 11.6 Å². The molecule has 4 rings (SSSR count). The molecule has 0 bridgehead atoms. The third-order valence-electron chi connectivity index (χ3n) is 5.01. The van der Waals surface area contributed by atoms with Gasteiger partial charge in [-0.25, -0.2) is 5.43 Å². The molecular weight excluding hydrogens is 390 g/mol. The molecule has 29 heavy (non-hydrogen) atoms. The predicted octanol–water partition coefficient (Wildman–Crippen LogP) is 4.85. The number of nitrogens with one attached hydrogen (secondary N) is 1. The fraction of sp³-hybridized carbons (Fsp3) is 0.273. The maximum absolute atomic E-state index is 12.3. The van der Waals surface area contributed by atoms with Crippen molar-refractivity contribution in [3.8, 4) is 5.75 Å². The molecule has 0 unspecified atom stereocenters. The highest BCUT2D eigenvalue weighted by Crippen LogP contribution is 2.27. The first kappa shape index (κ1) is 19.3.